The van der Waals surface area contributed by atoms with Crippen molar-refractivity contribution >= 4 is 28.6 Å². The summed E-state index contributed by atoms with van der Waals surface area (Å²) in [5.41, 5.74) is -1.24. The highest BCUT2D eigenvalue weighted by Crippen LogP contribution is 2.76. The predicted octanol–water partition coefficient (Wildman–Crippen LogP) is 4.50. The van der Waals surface area contributed by atoms with Crippen LogP contribution in [-0.4, -0.2) is 40.4 Å². The van der Waals surface area contributed by atoms with Gasteiger partial charge in [0, 0.05) is 10.8 Å². The highest BCUT2D eigenvalue weighted by atomic mass is 32.2. The summed E-state index contributed by atoms with van der Waals surface area (Å²) in [7, 11) is 0. The smallest absolute Gasteiger partial charge is 0.375 e. The highest BCUT2D eigenvalue weighted by molar-refractivity contribution is 8.13. The Morgan fingerprint density at radius 3 is 2.76 bits per heavy atom. The molecule has 1 aliphatic heterocycles. The number of carbonyl (C=O) groups is 3. The van der Waals surface area contributed by atoms with Crippen molar-refractivity contribution < 1.29 is 28.3 Å². The summed E-state index contributed by atoms with van der Waals surface area (Å²) >= 11 is 1.13. The van der Waals surface area contributed by atoms with Crippen LogP contribution in [0.1, 0.15) is 56.5 Å². The maximum atomic E-state index is 13.5. The fourth-order valence-corrected chi connectivity index (χ4v) is 8.66. The first kappa shape index (κ1) is 21.4. The van der Waals surface area contributed by atoms with E-state index in [4.69, 9.17) is 13.9 Å². The predicted molar refractivity (Wildman–Crippen MR) is 121 cm³/mol. The number of esters is 1. The normalized spacial score (nSPS) is 44.8. The fourth-order valence-electron chi connectivity index (χ4n) is 7.95. The lowest BCUT2D eigenvalue weighted by atomic mass is 9.47. The number of fused-ring (bicyclic) bond motifs is 3. The quantitative estimate of drug-likeness (QED) is 0.477. The highest BCUT2D eigenvalue weighted by Gasteiger charge is 2.82. The zero-order valence-corrected chi connectivity index (χ0v) is 19.9. The molecule has 6 unspecified atom stereocenters. The van der Waals surface area contributed by atoms with E-state index in [-0.39, 0.29) is 45.6 Å². The van der Waals surface area contributed by atoms with E-state index in [0.717, 1.165) is 36.6 Å². The van der Waals surface area contributed by atoms with Crippen LogP contribution >= 0.6 is 11.8 Å². The van der Waals surface area contributed by atoms with Crippen LogP contribution in [0.5, 0.6) is 0 Å². The third-order valence-corrected chi connectivity index (χ3v) is 10.3. The van der Waals surface area contributed by atoms with Gasteiger partial charge in [-0.2, -0.15) is 0 Å². The molecule has 1 saturated heterocycles. The van der Waals surface area contributed by atoms with Gasteiger partial charge >= 0.3 is 5.97 Å². The summed E-state index contributed by atoms with van der Waals surface area (Å²) in [6.07, 6.45) is 12.4. The van der Waals surface area contributed by atoms with Crippen molar-refractivity contribution in [3.8, 4) is 0 Å². The lowest BCUT2D eigenvalue weighted by Gasteiger charge is -2.55. The van der Waals surface area contributed by atoms with Gasteiger partial charge in [-0.3, -0.25) is 9.59 Å². The molecule has 4 fully saturated rings. The monoisotopic (exact) mass is 468 g/mol. The summed E-state index contributed by atoms with van der Waals surface area (Å²) in [5.74, 6) is -0.0146. The molecule has 7 heteroatoms. The van der Waals surface area contributed by atoms with E-state index in [9.17, 15) is 14.4 Å². The molecule has 4 aliphatic carbocycles. The molecule has 0 bridgehead atoms. The number of ketones is 1. The Morgan fingerprint density at radius 2 is 2.03 bits per heavy atom. The van der Waals surface area contributed by atoms with Gasteiger partial charge in [0.15, 0.2) is 11.4 Å². The lowest BCUT2D eigenvalue weighted by molar-refractivity contribution is -0.150. The molecule has 174 valence electrons. The molecule has 0 N–H and O–H groups in total. The fraction of sp³-hybridized carbons (Fsp3) is 0.577. The minimum atomic E-state index is -1.21. The Kier molecular flexibility index (Phi) is 4.36. The Morgan fingerprint density at radius 1 is 1.21 bits per heavy atom. The second-order valence-corrected chi connectivity index (χ2v) is 11.4. The number of rotatable bonds is 3. The van der Waals surface area contributed by atoms with Crippen molar-refractivity contribution in [3.05, 3.63) is 48.0 Å². The number of hydrogen-bond acceptors (Lipinski definition) is 7. The van der Waals surface area contributed by atoms with Crippen LogP contribution < -0.4 is 0 Å². The zero-order valence-electron chi connectivity index (χ0n) is 19.1. The number of ether oxygens (including phenoxy) is 2. The number of furan rings is 1. The van der Waals surface area contributed by atoms with E-state index in [1.165, 1.54) is 6.26 Å². The minimum absolute atomic E-state index is 0.0373. The summed E-state index contributed by atoms with van der Waals surface area (Å²) in [4.78, 5) is 38.5. The maximum absolute atomic E-state index is 13.5. The largest absolute Gasteiger partial charge is 0.457 e. The summed E-state index contributed by atoms with van der Waals surface area (Å²) < 4.78 is 18.0. The van der Waals surface area contributed by atoms with Gasteiger partial charge in [0.2, 0.25) is 10.9 Å². The maximum Gasteiger partial charge on any atom is 0.375 e. The third kappa shape index (κ3) is 2.47. The van der Waals surface area contributed by atoms with Crippen LogP contribution in [0.15, 0.2) is 46.6 Å². The summed E-state index contributed by atoms with van der Waals surface area (Å²) in [5, 5.41) is -0.105. The molecule has 1 spiro atoms. The van der Waals surface area contributed by atoms with E-state index >= 15 is 0 Å². The van der Waals surface area contributed by atoms with Crippen molar-refractivity contribution in [2.24, 2.45) is 22.7 Å². The molecule has 7 atom stereocenters. The first-order valence-electron chi connectivity index (χ1n) is 11.7. The molecule has 3 saturated carbocycles. The third-order valence-electron chi connectivity index (χ3n) is 9.56. The van der Waals surface area contributed by atoms with E-state index < -0.39 is 17.0 Å². The van der Waals surface area contributed by atoms with Crippen molar-refractivity contribution in [1.29, 1.82) is 0 Å². The van der Waals surface area contributed by atoms with E-state index in [0.29, 0.717) is 12.8 Å². The molecule has 5 aliphatic rings. The van der Waals surface area contributed by atoms with E-state index in [1.54, 1.807) is 30.5 Å². The standard InChI is InChI=1S/C26H28O6S/c1-23-10-8-16(27)13-15(23)6-7-18-17-9-11-25(22(29)33-3,32-21(28)19-5-4-12-30-19)24(17,2)14-20-26(18,23)31-20/h4-5,8,10,12-13,17-18,20H,6-7,9,11,14H2,1-3H3/t17?,18?,20?,23?,24?,25-,26?/m0/s1. The topological polar surface area (TPSA) is 86.1 Å². The van der Waals surface area contributed by atoms with Gasteiger partial charge in [-0.05, 0) is 81.4 Å². The molecule has 33 heavy (non-hydrogen) atoms. The summed E-state index contributed by atoms with van der Waals surface area (Å²) in [6.45, 7) is 4.32. The van der Waals surface area contributed by atoms with Gasteiger partial charge in [-0.25, -0.2) is 4.79 Å². The van der Waals surface area contributed by atoms with Crippen LogP contribution in [0.2, 0.25) is 0 Å². The number of thioether (sulfide) groups is 1. The number of hydrogen-bond donors (Lipinski definition) is 0. The van der Waals surface area contributed by atoms with E-state index in [1.807, 2.05) is 6.08 Å². The molecule has 1 aromatic heterocycles. The van der Waals surface area contributed by atoms with Gasteiger partial charge in [0.1, 0.15) is 5.60 Å². The average molecular weight is 469 g/mol. The summed E-state index contributed by atoms with van der Waals surface area (Å²) in [6, 6.07) is 3.21. The van der Waals surface area contributed by atoms with Gasteiger partial charge in [-0.15, -0.1) is 0 Å². The van der Waals surface area contributed by atoms with Crippen LogP contribution in [0.25, 0.3) is 0 Å². The van der Waals surface area contributed by atoms with Gasteiger partial charge < -0.3 is 13.9 Å². The molecule has 1 aromatic rings. The Labute approximate surface area is 197 Å². The van der Waals surface area contributed by atoms with Crippen molar-refractivity contribution in [2.45, 2.75) is 63.3 Å². The molecule has 6 nitrogen and oxygen atoms in total. The molecule has 6 rings (SSSR count). The minimum Gasteiger partial charge on any atom is -0.457 e. The molecule has 0 aromatic carbocycles. The number of epoxide rings is 1. The molecule has 2 heterocycles. The average Bonchev–Trinajstić information content (AvgIpc) is 3.14. The molecule has 0 radical (unpaired) electrons. The first-order chi connectivity index (χ1) is 15.7. The van der Waals surface area contributed by atoms with Crippen molar-refractivity contribution in [2.75, 3.05) is 6.26 Å². The van der Waals surface area contributed by atoms with Crippen LogP contribution in [0.3, 0.4) is 0 Å². The van der Waals surface area contributed by atoms with Crippen LogP contribution in [-0.2, 0) is 19.1 Å². The Bertz CT molecular complexity index is 1120. The van der Waals surface area contributed by atoms with Gasteiger partial charge in [0.05, 0.1) is 12.4 Å². The SMILES string of the molecule is CSC(=O)[C@@]1(OC(=O)c2ccco2)CCC2C3CCC4=CC(=O)C=CC4(C)C34OC4CC21C. The van der Waals surface area contributed by atoms with Crippen molar-refractivity contribution in [1.82, 2.24) is 0 Å². The number of carbonyl (C=O) groups excluding carboxylic acids is 3. The van der Waals surface area contributed by atoms with Crippen LogP contribution in [0.4, 0.5) is 0 Å². The molecular formula is C26H28O6S. The zero-order chi connectivity index (χ0) is 23.2. The van der Waals surface area contributed by atoms with Gasteiger partial charge in [-0.1, -0.05) is 30.3 Å². The van der Waals surface area contributed by atoms with Crippen LogP contribution in [0, 0.1) is 22.7 Å². The molecule has 0 amide bonds. The first-order valence-corrected chi connectivity index (χ1v) is 12.9. The second-order valence-electron chi connectivity index (χ2n) is 10.6. The number of allylic oxidation sites excluding steroid dienone is 2. The lowest BCUT2D eigenvalue weighted by Crippen LogP contribution is -2.61. The Balaban J connectivity index is 1.40. The Hall–Kier alpha value is -2.12. The van der Waals surface area contributed by atoms with E-state index in [2.05, 4.69) is 13.8 Å². The second kappa shape index (κ2) is 6.72. The van der Waals surface area contributed by atoms with Crippen molar-refractivity contribution in [3.63, 3.8) is 0 Å². The molecular weight excluding hydrogens is 440 g/mol. The van der Waals surface area contributed by atoms with Gasteiger partial charge in [0.25, 0.3) is 0 Å².